The maximum atomic E-state index is 12.3. The number of halogens is 1. The Morgan fingerprint density at radius 3 is 2.81 bits per heavy atom. The van der Waals surface area contributed by atoms with Crippen LogP contribution in [0.25, 0.3) is 0 Å². The second-order valence-corrected chi connectivity index (χ2v) is 6.71. The first-order valence-corrected chi connectivity index (χ1v) is 8.24. The molecule has 0 radical (unpaired) electrons. The van der Waals surface area contributed by atoms with Gasteiger partial charge in [-0.2, -0.15) is 0 Å². The number of rotatable bonds is 6. The predicted molar refractivity (Wildman–Crippen MR) is 81.4 cm³/mol. The van der Waals surface area contributed by atoms with Gasteiger partial charge in [0, 0.05) is 39.0 Å². The van der Waals surface area contributed by atoms with E-state index in [9.17, 15) is 8.42 Å². The molecule has 6 nitrogen and oxygen atoms in total. The van der Waals surface area contributed by atoms with Gasteiger partial charge in [0.25, 0.3) is 0 Å². The zero-order chi connectivity index (χ0) is 15.5. The molecule has 114 valence electrons. The van der Waals surface area contributed by atoms with E-state index in [1.807, 2.05) is 17.8 Å². The Labute approximate surface area is 129 Å². The largest absolute Gasteiger partial charge is 0.338 e. The van der Waals surface area contributed by atoms with Crippen LogP contribution in [0.4, 0.5) is 0 Å². The minimum absolute atomic E-state index is 0.0481. The van der Waals surface area contributed by atoms with E-state index in [0.29, 0.717) is 12.0 Å². The highest BCUT2D eigenvalue weighted by Crippen LogP contribution is 2.22. The normalized spacial score (nSPS) is 11.8. The molecule has 1 aromatic heterocycles. The zero-order valence-electron chi connectivity index (χ0n) is 11.6. The fraction of sp³-hybridized carbons (Fsp3) is 0.308. The maximum Gasteiger partial charge on any atom is 0.242 e. The van der Waals surface area contributed by atoms with E-state index >= 15 is 0 Å². The van der Waals surface area contributed by atoms with Crippen LogP contribution >= 0.6 is 11.6 Å². The van der Waals surface area contributed by atoms with Crippen LogP contribution in [-0.4, -0.2) is 24.5 Å². The summed E-state index contributed by atoms with van der Waals surface area (Å²) in [6.07, 6.45) is 3.98. The molecule has 1 aromatic carbocycles. The number of benzene rings is 1. The number of imidazole rings is 1. The molecule has 1 heterocycles. The molecule has 0 unspecified atom stereocenters. The average Bonchev–Trinajstić information content (AvgIpc) is 2.84. The molecule has 2 rings (SSSR count). The molecule has 0 spiro atoms. The highest BCUT2D eigenvalue weighted by atomic mass is 35.5. The molecular formula is C13H17ClN4O2S. The number of nitrogens with two attached hydrogens (primary N) is 1. The molecule has 8 heteroatoms. The van der Waals surface area contributed by atoms with Gasteiger partial charge in [0.05, 0.1) is 5.02 Å². The first-order valence-electron chi connectivity index (χ1n) is 6.38. The van der Waals surface area contributed by atoms with Gasteiger partial charge in [-0.3, -0.25) is 0 Å². The third-order valence-electron chi connectivity index (χ3n) is 3.08. The van der Waals surface area contributed by atoms with E-state index in [2.05, 4.69) is 9.71 Å². The second kappa shape index (κ2) is 6.57. The summed E-state index contributed by atoms with van der Waals surface area (Å²) < 4.78 is 28.9. The molecule has 0 aliphatic heterocycles. The lowest BCUT2D eigenvalue weighted by Crippen LogP contribution is -2.27. The third kappa shape index (κ3) is 3.82. The fourth-order valence-electron chi connectivity index (χ4n) is 1.89. The summed E-state index contributed by atoms with van der Waals surface area (Å²) in [7, 11) is -1.80. The van der Waals surface area contributed by atoms with Gasteiger partial charge in [0.1, 0.15) is 10.7 Å². The summed E-state index contributed by atoms with van der Waals surface area (Å²) in [5, 5.41) is 0.177. The minimum atomic E-state index is -3.66. The van der Waals surface area contributed by atoms with E-state index in [1.165, 1.54) is 12.1 Å². The average molecular weight is 329 g/mol. The lowest BCUT2D eigenvalue weighted by atomic mass is 10.2. The van der Waals surface area contributed by atoms with Crippen molar-refractivity contribution in [3.05, 3.63) is 47.0 Å². The summed E-state index contributed by atoms with van der Waals surface area (Å²) in [4.78, 5) is 4.19. The monoisotopic (exact) mass is 328 g/mol. The molecule has 2 aromatic rings. The van der Waals surface area contributed by atoms with Crippen LogP contribution in [0.3, 0.4) is 0 Å². The maximum absolute atomic E-state index is 12.3. The Balaban J connectivity index is 2.10. The predicted octanol–water partition coefficient (Wildman–Crippen LogP) is 1.05. The van der Waals surface area contributed by atoms with Crippen molar-refractivity contribution in [2.75, 3.05) is 6.54 Å². The van der Waals surface area contributed by atoms with Crippen LogP contribution in [0.1, 0.15) is 11.4 Å². The Kier molecular flexibility index (Phi) is 5.00. The number of hydrogen-bond acceptors (Lipinski definition) is 4. The standard InChI is InChI=1S/C13H17ClN4O2S/c1-18-7-6-16-13(18)4-5-17-21(19,20)12-8-10(9-15)2-3-11(12)14/h2-3,6-8,17H,4-5,9,15H2,1H3. The van der Waals surface area contributed by atoms with Crippen molar-refractivity contribution in [1.82, 2.24) is 14.3 Å². The van der Waals surface area contributed by atoms with E-state index in [-0.39, 0.29) is 23.0 Å². The van der Waals surface area contributed by atoms with Crippen molar-refractivity contribution in [2.45, 2.75) is 17.9 Å². The molecule has 0 aliphatic rings. The van der Waals surface area contributed by atoms with Gasteiger partial charge >= 0.3 is 0 Å². The molecule has 3 N–H and O–H groups in total. The van der Waals surface area contributed by atoms with Crippen molar-refractivity contribution in [1.29, 1.82) is 0 Å². The quantitative estimate of drug-likeness (QED) is 0.829. The fourth-order valence-corrected chi connectivity index (χ4v) is 3.47. The number of nitrogens with zero attached hydrogens (tertiary/aromatic N) is 2. The molecule has 0 fully saturated rings. The second-order valence-electron chi connectivity index (χ2n) is 4.57. The highest BCUT2D eigenvalue weighted by Gasteiger charge is 2.18. The molecule has 0 aliphatic carbocycles. The van der Waals surface area contributed by atoms with Gasteiger partial charge in [0.2, 0.25) is 10.0 Å². The van der Waals surface area contributed by atoms with Crippen molar-refractivity contribution in [3.63, 3.8) is 0 Å². The Hall–Kier alpha value is -1.41. The van der Waals surface area contributed by atoms with Gasteiger partial charge in [-0.25, -0.2) is 18.1 Å². The van der Waals surface area contributed by atoms with Crippen LogP contribution in [0.15, 0.2) is 35.5 Å². The third-order valence-corrected chi connectivity index (χ3v) is 5.03. The number of nitrogens with one attached hydrogen (secondary N) is 1. The SMILES string of the molecule is Cn1ccnc1CCNS(=O)(=O)c1cc(CN)ccc1Cl. The van der Waals surface area contributed by atoms with Crippen molar-refractivity contribution >= 4 is 21.6 Å². The van der Waals surface area contributed by atoms with Crippen molar-refractivity contribution < 1.29 is 8.42 Å². The van der Waals surface area contributed by atoms with Gasteiger partial charge in [0.15, 0.2) is 0 Å². The molecule has 0 saturated heterocycles. The Morgan fingerprint density at radius 1 is 1.43 bits per heavy atom. The van der Waals surface area contributed by atoms with E-state index in [0.717, 1.165) is 5.82 Å². The van der Waals surface area contributed by atoms with Gasteiger partial charge in [-0.15, -0.1) is 0 Å². The molecule has 0 saturated carbocycles. The molecule has 0 atom stereocenters. The van der Waals surface area contributed by atoms with E-state index < -0.39 is 10.0 Å². The van der Waals surface area contributed by atoms with Gasteiger partial charge in [-0.1, -0.05) is 17.7 Å². The first kappa shape index (κ1) is 16.0. The number of aryl methyl sites for hydroxylation is 1. The van der Waals surface area contributed by atoms with Crippen LogP contribution in [0, 0.1) is 0 Å². The summed E-state index contributed by atoms with van der Waals surface area (Å²) in [5.41, 5.74) is 6.24. The first-order chi connectivity index (χ1) is 9.94. The highest BCUT2D eigenvalue weighted by molar-refractivity contribution is 7.89. The summed E-state index contributed by atoms with van der Waals surface area (Å²) >= 11 is 5.96. The summed E-state index contributed by atoms with van der Waals surface area (Å²) in [6, 6.07) is 4.73. The van der Waals surface area contributed by atoms with E-state index in [1.54, 1.807) is 12.3 Å². The van der Waals surface area contributed by atoms with Crippen LogP contribution in [0.5, 0.6) is 0 Å². The lowest BCUT2D eigenvalue weighted by molar-refractivity contribution is 0.580. The number of aromatic nitrogens is 2. The van der Waals surface area contributed by atoms with Crippen LogP contribution < -0.4 is 10.5 Å². The number of sulfonamides is 1. The van der Waals surface area contributed by atoms with Gasteiger partial charge < -0.3 is 10.3 Å². The van der Waals surface area contributed by atoms with Gasteiger partial charge in [-0.05, 0) is 17.7 Å². The Bertz CT molecular complexity index is 728. The molecule has 0 bridgehead atoms. The van der Waals surface area contributed by atoms with E-state index in [4.69, 9.17) is 17.3 Å². The summed E-state index contributed by atoms with van der Waals surface area (Å²) in [6.45, 7) is 0.503. The minimum Gasteiger partial charge on any atom is -0.338 e. The lowest BCUT2D eigenvalue weighted by Gasteiger charge is -2.09. The summed E-state index contributed by atoms with van der Waals surface area (Å²) in [5.74, 6) is 0.805. The number of hydrogen-bond donors (Lipinski definition) is 2. The van der Waals surface area contributed by atoms with Crippen molar-refractivity contribution in [2.24, 2.45) is 12.8 Å². The molecular weight excluding hydrogens is 312 g/mol. The smallest absolute Gasteiger partial charge is 0.242 e. The molecule has 0 amide bonds. The Morgan fingerprint density at radius 2 is 2.19 bits per heavy atom. The zero-order valence-corrected chi connectivity index (χ0v) is 13.2. The van der Waals surface area contributed by atoms with Crippen LogP contribution in [-0.2, 0) is 30.0 Å². The topological polar surface area (TPSA) is 90.0 Å². The van der Waals surface area contributed by atoms with Crippen LogP contribution in [0.2, 0.25) is 5.02 Å². The molecule has 21 heavy (non-hydrogen) atoms. The van der Waals surface area contributed by atoms with Crippen molar-refractivity contribution in [3.8, 4) is 0 Å².